The van der Waals surface area contributed by atoms with Crippen molar-refractivity contribution in [2.45, 2.75) is 32.4 Å². The summed E-state index contributed by atoms with van der Waals surface area (Å²) in [7, 11) is 0. The third kappa shape index (κ3) is 3.60. The molecule has 0 aliphatic carbocycles. The summed E-state index contributed by atoms with van der Waals surface area (Å²) in [6.45, 7) is 2.48. The van der Waals surface area contributed by atoms with E-state index in [1.54, 1.807) is 12.3 Å². The zero-order valence-electron chi connectivity index (χ0n) is 10.5. The van der Waals surface area contributed by atoms with Gasteiger partial charge in [-0.3, -0.25) is 0 Å². The first-order chi connectivity index (χ1) is 8.78. The highest BCUT2D eigenvalue weighted by atomic mass is 16.5. The summed E-state index contributed by atoms with van der Waals surface area (Å²) in [4.78, 5) is 0. The predicted octanol–water partition coefficient (Wildman–Crippen LogP) is 2.53. The molecule has 1 aromatic heterocycles. The van der Waals surface area contributed by atoms with Crippen molar-refractivity contribution in [3.05, 3.63) is 47.9 Å². The fourth-order valence-electron chi connectivity index (χ4n) is 1.68. The summed E-state index contributed by atoms with van der Waals surface area (Å²) in [5.41, 5.74) is 7.14. The minimum Gasteiger partial charge on any atom is -0.486 e. The molecule has 2 rings (SSSR count). The van der Waals surface area contributed by atoms with Gasteiger partial charge in [-0.05, 0) is 30.5 Å². The summed E-state index contributed by atoms with van der Waals surface area (Å²) < 4.78 is 10.6. The SMILES string of the molecule is CCC(N)Cc1cccc(OCc2ccno2)c1. The highest BCUT2D eigenvalue weighted by Gasteiger charge is 2.04. The highest BCUT2D eigenvalue weighted by Crippen LogP contribution is 2.16. The minimum atomic E-state index is 0.203. The third-order valence-corrected chi connectivity index (χ3v) is 2.79. The number of nitrogens with zero attached hydrogens (tertiary/aromatic N) is 1. The molecule has 1 heterocycles. The van der Waals surface area contributed by atoms with Gasteiger partial charge in [-0.2, -0.15) is 0 Å². The summed E-state index contributed by atoms with van der Waals surface area (Å²) in [6.07, 6.45) is 3.45. The number of rotatable bonds is 6. The summed E-state index contributed by atoms with van der Waals surface area (Å²) in [6, 6.07) is 9.99. The van der Waals surface area contributed by atoms with Crippen LogP contribution in [0.5, 0.6) is 5.75 Å². The molecule has 1 unspecified atom stereocenters. The Bertz CT molecular complexity index is 468. The average molecular weight is 246 g/mol. The predicted molar refractivity (Wildman–Crippen MR) is 69.2 cm³/mol. The van der Waals surface area contributed by atoms with E-state index in [4.69, 9.17) is 15.0 Å². The van der Waals surface area contributed by atoms with Gasteiger partial charge in [-0.1, -0.05) is 24.2 Å². The lowest BCUT2D eigenvalue weighted by molar-refractivity contribution is 0.249. The van der Waals surface area contributed by atoms with E-state index >= 15 is 0 Å². The van der Waals surface area contributed by atoms with Crippen LogP contribution in [-0.4, -0.2) is 11.2 Å². The molecule has 18 heavy (non-hydrogen) atoms. The summed E-state index contributed by atoms with van der Waals surface area (Å²) in [5.74, 6) is 1.54. The van der Waals surface area contributed by atoms with Crippen molar-refractivity contribution in [3.8, 4) is 5.75 Å². The van der Waals surface area contributed by atoms with Crippen molar-refractivity contribution in [1.29, 1.82) is 0 Å². The van der Waals surface area contributed by atoms with Crippen molar-refractivity contribution in [2.75, 3.05) is 0 Å². The Labute approximate surface area is 107 Å². The molecular formula is C14H18N2O2. The first kappa shape index (κ1) is 12.6. The quantitative estimate of drug-likeness (QED) is 0.850. The Morgan fingerprint density at radius 3 is 3.00 bits per heavy atom. The Hall–Kier alpha value is -1.81. The van der Waals surface area contributed by atoms with Crippen molar-refractivity contribution >= 4 is 0 Å². The second kappa shape index (κ2) is 6.21. The van der Waals surface area contributed by atoms with E-state index in [1.165, 1.54) is 5.56 Å². The zero-order chi connectivity index (χ0) is 12.8. The van der Waals surface area contributed by atoms with Crippen molar-refractivity contribution in [3.63, 3.8) is 0 Å². The van der Waals surface area contributed by atoms with Crippen LogP contribution in [0.1, 0.15) is 24.7 Å². The van der Waals surface area contributed by atoms with Crippen LogP contribution in [0.2, 0.25) is 0 Å². The van der Waals surface area contributed by atoms with Crippen molar-refractivity contribution in [2.24, 2.45) is 5.73 Å². The lowest BCUT2D eigenvalue weighted by atomic mass is 10.0. The normalized spacial score (nSPS) is 12.3. The monoisotopic (exact) mass is 246 g/mol. The molecule has 1 atom stereocenters. The third-order valence-electron chi connectivity index (χ3n) is 2.79. The Kier molecular flexibility index (Phi) is 4.36. The molecule has 0 saturated heterocycles. The van der Waals surface area contributed by atoms with E-state index < -0.39 is 0 Å². The molecule has 4 heteroatoms. The van der Waals surface area contributed by atoms with Crippen LogP contribution in [0.3, 0.4) is 0 Å². The molecule has 0 aliphatic heterocycles. The lowest BCUT2D eigenvalue weighted by Gasteiger charge is -2.10. The average Bonchev–Trinajstić information content (AvgIpc) is 2.90. The standard InChI is InChI=1S/C14H18N2O2/c1-2-12(15)8-11-4-3-5-13(9-11)17-10-14-6-7-16-18-14/h3-7,9,12H,2,8,10,15H2,1H3. The van der Waals surface area contributed by atoms with Crippen LogP contribution >= 0.6 is 0 Å². The number of hydrogen-bond acceptors (Lipinski definition) is 4. The minimum absolute atomic E-state index is 0.203. The Balaban J connectivity index is 1.94. The largest absolute Gasteiger partial charge is 0.486 e. The number of benzene rings is 1. The Morgan fingerprint density at radius 1 is 1.39 bits per heavy atom. The van der Waals surface area contributed by atoms with E-state index in [-0.39, 0.29) is 6.04 Å². The molecule has 0 fully saturated rings. The molecule has 2 N–H and O–H groups in total. The second-order valence-electron chi connectivity index (χ2n) is 4.29. The maximum absolute atomic E-state index is 5.94. The van der Waals surface area contributed by atoms with E-state index in [9.17, 15) is 0 Å². The first-order valence-corrected chi connectivity index (χ1v) is 6.15. The number of ether oxygens (including phenoxy) is 1. The van der Waals surface area contributed by atoms with Crippen LogP contribution < -0.4 is 10.5 Å². The van der Waals surface area contributed by atoms with Crippen molar-refractivity contribution < 1.29 is 9.26 Å². The van der Waals surface area contributed by atoms with E-state index in [0.29, 0.717) is 12.4 Å². The summed E-state index contributed by atoms with van der Waals surface area (Å²) in [5, 5.41) is 3.63. The fourth-order valence-corrected chi connectivity index (χ4v) is 1.68. The van der Waals surface area contributed by atoms with Crippen LogP contribution in [0.25, 0.3) is 0 Å². The van der Waals surface area contributed by atoms with Crippen molar-refractivity contribution in [1.82, 2.24) is 5.16 Å². The van der Waals surface area contributed by atoms with Gasteiger partial charge < -0.3 is 15.0 Å². The van der Waals surface area contributed by atoms with Crippen LogP contribution in [0.15, 0.2) is 41.1 Å². The number of hydrogen-bond donors (Lipinski definition) is 1. The van der Waals surface area contributed by atoms with E-state index in [2.05, 4.69) is 18.1 Å². The molecule has 1 aromatic carbocycles. The van der Waals surface area contributed by atoms with Gasteiger partial charge in [0.1, 0.15) is 12.4 Å². The molecule has 0 amide bonds. The van der Waals surface area contributed by atoms with Crippen LogP contribution in [-0.2, 0) is 13.0 Å². The van der Waals surface area contributed by atoms with Crippen LogP contribution in [0.4, 0.5) is 0 Å². The van der Waals surface area contributed by atoms with Gasteiger partial charge in [0.05, 0.1) is 6.20 Å². The maximum atomic E-state index is 5.94. The van der Waals surface area contributed by atoms with Gasteiger partial charge in [0.2, 0.25) is 0 Å². The molecule has 0 spiro atoms. The van der Waals surface area contributed by atoms with Gasteiger partial charge in [0, 0.05) is 12.1 Å². The number of aromatic nitrogens is 1. The van der Waals surface area contributed by atoms with Gasteiger partial charge in [-0.15, -0.1) is 0 Å². The molecule has 96 valence electrons. The topological polar surface area (TPSA) is 61.3 Å². The van der Waals surface area contributed by atoms with E-state index in [1.807, 2.05) is 18.2 Å². The fraction of sp³-hybridized carbons (Fsp3) is 0.357. The lowest BCUT2D eigenvalue weighted by Crippen LogP contribution is -2.21. The van der Waals surface area contributed by atoms with Gasteiger partial charge in [-0.25, -0.2) is 0 Å². The van der Waals surface area contributed by atoms with Gasteiger partial charge in [0.15, 0.2) is 5.76 Å². The maximum Gasteiger partial charge on any atom is 0.174 e. The number of nitrogens with two attached hydrogens (primary N) is 1. The molecule has 0 radical (unpaired) electrons. The molecule has 0 saturated carbocycles. The zero-order valence-corrected chi connectivity index (χ0v) is 10.5. The molecule has 2 aromatic rings. The molecule has 4 nitrogen and oxygen atoms in total. The van der Waals surface area contributed by atoms with E-state index in [0.717, 1.165) is 18.6 Å². The molecular weight excluding hydrogens is 228 g/mol. The molecule has 0 bridgehead atoms. The van der Waals surface area contributed by atoms with Crippen LogP contribution in [0, 0.1) is 0 Å². The molecule has 0 aliphatic rings. The Morgan fingerprint density at radius 2 is 2.28 bits per heavy atom. The first-order valence-electron chi connectivity index (χ1n) is 6.15. The smallest absolute Gasteiger partial charge is 0.174 e. The van der Waals surface area contributed by atoms with Gasteiger partial charge >= 0.3 is 0 Å². The highest BCUT2D eigenvalue weighted by molar-refractivity contribution is 5.29. The second-order valence-corrected chi connectivity index (χ2v) is 4.29. The van der Waals surface area contributed by atoms with Gasteiger partial charge in [0.25, 0.3) is 0 Å². The summed E-state index contributed by atoms with van der Waals surface area (Å²) >= 11 is 0.